The van der Waals surface area contributed by atoms with Crippen LogP contribution in [0, 0.1) is 18.8 Å². The second-order valence-electron chi connectivity index (χ2n) is 7.53. The molecule has 0 aliphatic carbocycles. The lowest BCUT2D eigenvalue weighted by atomic mass is 9.77. The Morgan fingerprint density at radius 3 is 2.81 bits per heavy atom. The van der Waals surface area contributed by atoms with Gasteiger partial charge in [0, 0.05) is 5.69 Å². The average molecular weight is 355 g/mol. The van der Waals surface area contributed by atoms with E-state index in [9.17, 15) is 9.59 Å². The van der Waals surface area contributed by atoms with Gasteiger partial charge in [-0.05, 0) is 25.5 Å². The molecule has 1 unspecified atom stereocenters. The smallest absolute Gasteiger partial charge is 0.312 e. The van der Waals surface area contributed by atoms with E-state index in [0.29, 0.717) is 13.2 Å². The van der Waals surface area contributed by atoms with Gasteiger partial charge in [-0.25, -0.2) is 0 Å². The molecule has 1 aromatic carbocycles. The third-order valence-corrected chi connectivity index (χ3v) is 5.71. The van der Waals surface area contributed by atoms with E-state index in [1.807, 2.05) is 43.3 Å². The molecule has 2 saturated heterocycles. The van der Waals surface area contributed by atoms with Crippen molar-refractivity contribution in [1.82, 2.24) is 0 Å². The monoisotopic (exact) mass is 355 g/mol. The lowest BCUT2D eigenvalue weighted by Crippen LogP contribution is -2.40. The number of anilines is 1. The van der Waals surface area contributed by atoms with Crippen molar-refractivity contribution in [3.63, 3.8) is 0 Å². The van der Waals surface area contributed by atoms with Gasteiger partial charge >= 0.3 is 5.97 Å². The van der Waals surface area contributed by atoms with Gasteiger partial charge < -0.3 is 14.4 Å². The summed E-state index contributed by atoms with van der Waals surface area (Å²) >= 11 is 0. The molecule has 0 saturated carbocycles. The summed E-state index contributed by atoms with van der Waals surface area (Å²) in [6.45, 7) is 4.99. The van der Waals surface area contributed by atoms with E-state index in [0.717, 1.165) is 30.5 Å². The summed E-state index contributed by atoms with van der Waals surface area (Å²) in [5.41, 5.74) is 1.30. The number of unbranched alkanes of at least 4 members (excludes halogenated alkanes) is 2. The fourth-order valence-corrected chi connectivity index (χ4v) is 4.33. The van der Waals surface area contributed by atoms with Gasteiger partial charge in [0.25, 0.3) is 0 Å². The van der Waals surface area contributed by atoms with Gasteiger partial charge in [-0.2, -0.15) is 0 Å². The van der Waals surface area contributed by atoms with Crippen LogP contribution in [0.15, 0.2) is 36.4 Å². The average Bonchev–Trinajstić information content (AvgIpc) is 3.28. The number of nitrogens with zero attached hydrogens (tertiary/aromatic N) is 1. The third kappa shape index (κ3) is 2.65. The second-order valence-corrected chi connectivity index (χ2v) is 7.53. The number of carbonyl (C=O) groups is 2. The summed E-state index contributed by atoms with van der Waals surface area (Å²) in [6, 6.07) is 7.86. The summed E-state index contributed by atoms with van der Waals surface area (Å²) in [5.74, 6) is -1.38. The van der Waals surface area contributed by atoms with Crippen LogP contribution in [0.4, 0.5) is 5.69 Å². The van der Waals surface area contributed by atoms with E-state index in [2.05, 4.69) is 6.92 Å². The van der Waals surface area contributed by atoms with Gasteiger partial charge in [-0.15, -0.1) is 0 Å². The number of hydrogen-bond acceptors (Lipinski definition) is 4. The molecule has 4 atom stereocenters. The molecule has 3 heterocycles. The molecule has 1 amide bonds. The number of amides is 1. The Labute approximate surface area is 154 Å². The Morgan fingerprint density at radius 2 is 2.08 bits per heavy atom. The maximum absolute atomic E-state index is 13.2. The number of hydrogen-bond donors (Lipinski definition) is 0. The van der Waals surface area contributed by atoms with Crippen molar-refractivity contribution in [2.45, 2.75) is 44.8 Å². The van der Waals surface area contributed by atoms with E-state index >= 15 is 0 Å². The number of esters is 1. The standard InChI is InChI=1S/C21H25NO4/c1-3-4-5-12-25-20(24)17-16-10-11-21(26-16)13-22(19(23)18(17)21)15-8-6-14(2)7-9-15/h6-11,16-18H,3-5,12-13H2,1-2H3/t16-,17+,18-,21?/m0/s1. The fraction of sp³-hybridized carbons (Fsp3) is 0.524. The molecule has 0 radical (unpaired) electrons. The Balaban J connectivity index is 1.53. The maximum Gasteiger partial charge on any atom is 0.312 e. The molecule has 3 aliphatic heterocycles. The minimum atomic E-state index is -0.695. The van der Waals surface area contributed by atoms with Crippen LogP contribution in [-0.4, -0.2) is 36.7 Å². The van der Waals surface area contributed by atoms with Crippen LogP contribution < -0.4 is 4.90 Å². The molecular weight excluding hydrogens is 330 g/mol. The van der Waals surface area contributed by atoms with Crippen LogP contribution in [0.2, 0.25) is 0 Å². The minimum Gasteiger partial charge on any atom is -0.465 e. The van der Waals surface area contributed by atoms with Crippen molar-refractivity contribution < 1.29 is 19.1 Å². The first-order valence-corrected chi connectivity index (χ1v) is 9.47. The van der Waals surface area contributed by atoms with E-state index in [1.54, 1.807) is 4.90 Å². The SMILES string of the molecule is CCCCCOC(=O)[C@@H]1[C@@H]2C=CC3(CN(c4ccc(C)cc4)C(=O)[C@H]13)O2. The van der Waals surface area contributed by atoms with Crippen LogP contribution in [0.3, 0.4) is 0 Å². The highest BCUT2D eigenvalue weighted by Crippen LogP contribution is 2.52. The molecular formula is C21H25NO4. The van der Waals surface area contributed by atoms with E-state index in [-0.39, 0.29) is 18.0 Å². The molecule has 138 valence electrons. The number of ether oxygens (including phenoxy) is 2. The molecule has 4 rings (SSSR count). The molecule has 5 nitrogen and oxygen atoms in total. The highest BCUT2D eigenvalue weighted by atomic mass is 16.6. The summed E-state index contributed by atoms with van der Waals surface area (Å²) in [5, 5.41) is 0. The van der Waals surface area contributed by atoms with Crippen molar-refractivity contribution in [3.05, 3.63) is 42.0 Å². The molecule has 0 N–H and O–H groups in total. The van der Waals surface area contributed by atoms with Crippen LogP contribution in [0.1, 0.15) is 31.7 Å². The first-order chi connectivity index (χ1) is 12.6. The van der Waals surface area contributed by atoms with Crippen LogP contribution in [0.25, 0.3) is 0 Å². The molecule has 3 aliphatic rings. The summed E-state index contributed by atoms with van der Waals surface area (Å²) in [7, 11) is 0. The number of aryl methyl sites for hydroxylation is 1. The van der Waals surface area contributed by atoms with Gasteiger partial charge in [0.15, 0.2) is 0 Å². The normalized spacial score (nSPS) is 31.5. The zero-order chi connectivity index (χ0) is 18.3. The largest absolute Gasteiger partial charge is 0.465 e. The third-order valence-electron chi connectivity index (χ3n) is 5.71. The highest BCUT2D eigenvalue weighted by Gasteiger charge is 2.67. The van der Waals surface area contributed by atoms with Crippen molar-refractivity contribution in [2.24, 2.45) is 11.8 Å². The number of carbonyl (C=O) groups excluding carboxylic acids is 2. The topological polar surface area (TPSA) is 55.8 Å². The van der Waals surface area contributed by atoms with Gasteiger partial charge in [0.1, 0.15) is 11.5 Å². The summed E-state index contributed by atoms with van der Waals surface area (Å²) in [6.07, 6.45) is 6.50. The summed E-state index contributed by atoms with van der Waals surface area (Å²) in [4.78, 5) is 27.6. The molecule has 26 heavy (non-hydrogen) atoms. The Bertz CT molecular complexity index is 741. The Hall–Kier alpha value is -2.14. The lowest BCUT2D eigenvalue weighted by Gasteiger charge is -2.22. The predicted molar refractivity (Wildman–Crippen MR) is 97.7 cm³/mol. The first-order valence-electron chi connectivity index (χ1n) is 9.47. The number of fused-ring (bicyclic) bond motifs is 1. The highest BCUT2D eigenvalue weighted by molar-refractivity contribution is 6.02. The Morgan fingerprint density at radius 1 is 1.31 bits per heavy atom. The van der Waals surface area contributed by atoms with Crippen molar-refractivity contribution in [3.8, 4) is 0 Å². The molecule has 0 aromatic heterocycles. The zero-order valence-electron chi connectivity index (χ0n) is 15.3. The van der Waals surface area contributed by atoms with Crippen LogP contribution in [0.5, 0.6) is 0 Å². The first kappa shape index (κ1) is 17.3. The second kappa shape index (κ2) is 6.54. The fourth-order valence-electron chi connectivity index (χ4n) is 4.33. The van der Waals surface area contributed by atoms with Gasteiger partial charge in [-0.3, -0.25) is 9.59 Å². The Kier molecular flexibility index (Phi) is 4.35. The molecule has 5 heteroatoms. The number of benzene rings is 1. The van der Waals surface area contributed by atoms with Crippen LogP contribution in [-0.2, 0) is 19.1 Å². The maximum atomic E-state index is 13.2. The molecule has 2 bridgehead atoms. The van der Waals surface area contributed by atoms with Crippen molar-refractivity contribution in [1.29, 1.82) is 0 Å². The van der Waals surface area contributed by atoms with E-state index < -0.39 is 17.4 Å². The molecule has 1 aromatic rings. The minimum absolute atomic E-state index is 0.0452. The van der Waals surface area contributed by atoms with E-state index in [4.69, 9.17) is 9.47 Å². The predicted octanol–water partition coefficient (Wildman–Crippen LogP) is 3.01. The molecule has 1 spiro atoms. The molecule has 2 fully saturated rings. The van der Waals surface area contributed by atoms with Crippen molar-refractivity contribution in [2.75, 3.05) is 18.1 Å². The zero-order valence-corrected chi connectivity index (χ0v) is 15.3. The van der Waals surface area contributed by atoms with Gasteiger partial charge in [0.2, 0.25) is 5.91 Å². The van der Waals surface area contributed by atoms with Crippen LogP contribution >= 0.6 is 0 Å². The van der Waals surface area contributed by atoms with E-state index in [1.165, 1.54) is 0 Å². The quantitative estimate of drug-likeness (QED) is 0.447. The van der Waals surface area contributed by atoms with Gasteiger partial charge in [-0.1, -0.05) is 49.6 Å². The lowest BCUT2D eigenvalue weighted by molar-refractivity contribution is -0.152. The van der Waals surface area contributed by atoms with Gasteiger partial charge in [0.05, 0.1) is 25.2 Å². The summed E-state index contributed by atoms with van der Waals surface area (Å²) < 4.78 is 11.6. The number of rotatable bonds is 6. The van der Waals surface area contributed by atoms with Crippen molar-refractivity contribution >= 4 is 17.6 Å².